The summed E-state index contributed by atoms with van der Waals surface area (Å²) in [6.07, 6.45) is 4.68. The predicted molar refractivity (Wildman–Crippen MR) is 87.1 cm³/mol. The lowest BCUT2D eigenvalue weighted by molar-refractivity contribution is -0.577. The highest BCUT2D eigenvalue weighted by Crippen LogP contribution is 2.32. The van der Waals surface area contributed by atoms with Crippen molar-refractivity contribution in [2.24, 2.45) is 0 Å². The van der Waals surface area contributed by atoms with Crippen LogP contribution in [0.3, 0.4) is 0 Å². The summed E-state index contributed by atoms with van der Waals surface area (Å²) in [5, 5.41) is 2.11. The van der Waals surface area contributed by atoms with Crippen LogP contribution in [0.4, 0.5) is 0 Å². The topological polar surface area (TPSA) is 3.88 Å². The maximum absolute atomic E-state index is 6.71. The Hall–Kier alpha value is -1.86. The van der Waals surface area contributed by atoms with Crippen molar-refractivity contribution in [3.8, 4) is 5.69 Å². The van der Waals surface area contributed by atoms with Gasteiger partial charge in [0.05, 0.1) is 10.4 Å². The molecule has 1 heterocycles. The zero-order chi connectivity index (χ0) is 14.2. The molecule has 1 aliphatic carbocycles. The van der Waals surface area contributed by atoms with Gasteiger partial charge in [-0.15, -0.1) is 0 Å². The van der Waals surface area contributed by atoms with Crippen LogP contribution in [0.15, 0.2) is 54.6 Å². The van der Waals surface area contributed by atoms with Gasteiger partial charge in [0, 0.05) is 30.2 Å². The lowest BCUT2D eigenvalue weighted by Gasteiger charge is -2.17. The van der Waals surface area contributed by atoms with E-state index in [4.69, 9.17) is 11.6 Å². The quantitative estimate of drug-likeness (QED) is 0.575. The molecule has 1 aromatic heterocycles. The van der Waals surface area contributed by atoms with Gasteiger partial charge in [-0.2, -0.15) is 4.57 Å². The molecule has 2 aromatic carbocycles. The summed E-state index contributed by atoms with van der Waals surface area (Å²) in [7, 11) is 0. The number of hydrogen-bond acceptors (Lipinski definition) is 0. The molecule has 0 saturated carbocycles. The van der Waals surface area contributed by atoms with Crippen molar-refractivity contribution in [3.05, 3.63) is 70.9 Å². The first kappa shape index (κ1) is 12.8. The lowest BCUT2D eigenvalue weighted by Crippen LogP contribution is -2.39. The second kappa shape index (κ2) is 5.16. The zero-order valence-electron chi connectivity index (χ0n) is 11.8. The van der Waals surface area contributed by atoms with Gasteiger partial charge in [-0.05, 0) is 25.3 Å². The number of benzene rings is 2. The highest BCUT2D eigenvalue weighted by Gasteiger charge is 2.28. The van der Waals surface area contributed by atoms with E-state index in [-0.39, 0.29) is 0 Å². The number of rotatable bonds is 1. The predicted octanol–water partition coefficient (Wildman–Crippen LogP) is 4.65. The Morgan fingerprint density at radius 1 is 0.810 bits per heavy atom. The first-order valence-corrected chi connectivity index (χ1v) is 7.93. The molecule has 0 N–H and O–H groups in total. The van der Waals surface area contributed by atoms with Crippen LogP contribution in [0.1, 0.15) is 24.1 Å². The fourth-order valence-corrected chi connectivity index (χ4v) is 3.77. The number of para-hydroxylation sites is 2. The van der Waals surface area contributed by atoms with E-state index in [9.17, 15) is 0 Å². The van der Waals surface area contributed by atoms with E-state index in [1.54, 1.807) is 0 Å². The van der Waals surface area contributed by atoms with Crippen molar-refractivity contribution in [3.63, 3.8) is 0 Å². The van der Waals surface area contributed by atoms with Crippen molar-refractivity contribution in [1.29, 1.82) is 0 Å². The van der Waals surface area contributed by atoms with E-state index in [0.29, 0.717) is 0 Å². The largest absolute Gasteiger partial charge is 0.220 e. The van der Waals surface area contributed by atoms with Crippen LogP contribution in [0, 0.1) is 0 Å². The van der Waals surface area contributed by atoms with Crippen molar-refractivity contribution < 1.29 is 4.57 Å². The minimum absolute atomic E-state index is 0.951. The average Bonchev–Trinajstić information content (AvgIpc) is 2.56. The Bertz CT molecular complexity index is 809. The highest BCUT2D eigenvalue weighted by atomic mass is 35.5. The molecule has 0 fully saturated rings. The van der Waals surface area contributed by atoms with Crippen LogP contribution in [-0.2, 0) is 12.8 Å². The summed E-state index contributed by atoms with van der Waals surface area (Å²) in [5.41, 5.74) is 5.15. The molecule has 4 rings (SSSR count). The van der Waals surface area contributed by atoms with Crippen LogP contribution in [-0.4, -0.2) is 0 Å². The fourth-order valence-electron chi connectivity index (χ4n) is 3.41. The van der Waals surface area contributed by atoms with Gasteiger partial charge in [0.2, 0.25) is 11.2 Å². The Morgan fingerprint density at radius 3 is 2.38 bits per heavy atom. The van der Waals surface area contributed by atoms with E-state index in [0.717, 1.165) is 23.3 Å². The molecule has 2 heteroatoms. The molecule has 0 saturated heterocycles. The monoisotopic (exact) mass is 294 g/mol. The highest BCUT2D eigenvalue weighted by molar-refractivity contribution is 6.36. The van der Waals surface area contributed by atoms with Crippen molar-refractivity contribution in [2.45, 2.75) is 25.7 Å². The maximum atomic E-state index is 6.71. The number of hydrogen-bond donors (Lipinski definition) is 0. The minimum Gasteiger partial charge on any atom is -0.157 e. The Kier molecular flexibility index (Phi) is 3.16. The van der Waals surface area contributed by atoms with E-state index in [1.807, 2.05) is 0 Å². The zero-order valence-corrected chi connectivity index (χ0v) is 12.6. The normalized spacial score (nSPS) is 14.1. The van der Waals surface area contributed by atoms with Gasteiger partial charge in [-0.3, -0.25) is 0 Å². The molecule has 0 aliphatic heterocycles. The van der Waals surface area contributed by atoms with E-state index in [1.165, 1.54) is 35.3 Å². The molecule has 1 nitrogen and oxygen atoms in total. The van der Waals surface area contributed by atoms with Crippen LogP contribution >= 0.6 is 11.6 Å². The average molecular weight is 295 g/mol. The third-order valence-corrected chi connectivity index (χ3v) is 4.80. The SMILES string of the molecule is Clc1c2c([n+](-c3ccccc3)c3ccccc13)CCCC2. The number of pyridine rings is 1. The summed E-state index contributed by atoms with van der Waals surface area (Å²) in [6, 6.07) is 19.1. The molecule has 0 bridgehead atoms. The van der Waals surface area contributed by atoms with Crippen LogP contribution < -0.4 is 4.57 Å². The van der Waals surface area contributed by atoms with Crippen LogP contribution in [0.25, 0.3) is 16.6 Å². The first-order valence-electron chi connectivity index (χ1n) is 7.55. The Balaban J connectivity index is 2.15. The molecule has 0 spiro atoms. The summed E-state index contributed by atoms with van der Waals surface area (Å²) in [6.45, 7) is 0. The van der Waals surface area contributed by atoms with E-state index >= 15 is 0 Å². The van der Waals surface area contributed by atoms with Crippen LogP contribution in [0.5, 0.6) is 0 Å². The Labute approximate surface area is 129 Å². The van der Waals surface area contributed by atoms with Crippen molar-refractivity contribution in [1.82, 2.24) is 0 Å². The summed E-state index contributed by atoms with van der Waals surface area (Å²) >= 11 is 6.71. The minimum atomic E-state index is 0.951. The van der Waals surface area contributed by atoms with Gasteiger partial charge in [0.1, 0.15) is 0 Å². The molecule has 0 unspecified atom stereocenters. The van der Waals surface area contributed by atoms with Crippen molar-refractivity contribution >= 4 is 22.5 Å². The third kappa shape index (κ3) is 2.04. The molecule has 21 heavy (non-hydrogen) atoms. The molecule has 104 valence electrons. The molecule has 1 aliphatic rings. The molecule has 3 aromatic rings. The lowest BCUT2D eigenvalue weighted by atomic mass is 9.93. The number of aromatic nitrogens is 1. The Morgan fingerprint density at radius 2 is 1.52 bits per heavy atom. The standard InChI is InChI=1S/C19H17ClN/c20-19-15-10-4-6-12-17(15)21(14-8-2-1-3-9-14)18-13-7-5-11-16(18)19/h1-4,6,8-10,12H,5,7,11,13H2/q+1. The summed E-state index contributed by atoms with van der Waals surface area (Å²) in [5.74, 6) is 0. The van der Waals surface area contributed by atoms with Crippen LogP contribution in [0.2, 0.25) is 5.02 Å². The van der Waals surface area contributed by atoms with Gasteiger partial charge < -0.3 is 0 Å². The molecular weight excluding hydrogens is 278 g/mol. The molecule has 0 atom stereocenters. The van der Waals surface area contributed by atoms with Crippen molar-refractivity contribution in [2.75, 3.05) is 0 Å². The van der Waals surface area contributed by atoms with Gasteiger partial charge in [0.15, 0.2) is 5.69 Å². The van der Waals surface area contributed by atoms with E-state index in [2.05, 4.69) is 59.2 Å². The fraction of sp³-hybridized carbons (Fsp3) is 0.211. The molecule has 0 radical (unpaired) electrons. The molecule has 0 amide bonds. The van der Waals surface area contributed by atoms with E-state index < -0.39 is 0 Å². The summed E-state index contributed by atoms with van der Waals surface area (Å²) < 4.78 is 2.40. The maximum Gasteiger partial charge on any atom is 0.220 e. The first-order chi connectivity index (χ1) is 10.4. The van der Waals surface area contributed by atoms with Gasteiger partial charge >= 0.3 is 0 Å². The second-order valence-corrected chi connectivity index (χ2v) is 6.01. The van der Waals surface area contributed by atoms with Gasteiger partial charge in [-0.25, -0.2) is 0 Å². The second-order valence-electron chi connectivity index (χ2n) is 5.63. The number of fused-ring (bicyclic) bond motifs is 2. The number of halogens is 1. The van der Waals surface area contributed by atoms with Gasteiger partial charge in [-0.1, -0.05) is 41.9 Å². The summed E-state index contributed by atoms with van der Waals surface area (Å²) in [4.78, 5) is 0. The molecular formula is C19H17ClN+. The number of nitrogens with zero attached hydrogens (tertiary/aromatic N) is 1. The van der Waals surface area contributed by atoms with Gasteiger partial charge in [0.25, 0.3) is 0 Å². The third-order valence-electron chi connectivity index (χ3n) is 4.37. The smallest absolute Gasteiger partial charge is 0.157 e.